The third kappa shape index (κ3) is 4.94. The van der Waals surface area contributed by atoms with Gasteiger partial charge in [0.1, 0.15) is 12.3 Å². The van der Waals surface area contributed by atoms with E-state index < -0.39 is 10.0 Å². The average Bonchev–Trinajstić information content (AvgIpc) is 3.46. The first-order valence-corrected chi connectivity index (χ1v) is 13.1. The zero-order valence-electron chi connectivity index (χ0n) is 19.8. The average molecular weight is 489 g/mol. The van der Waals surface area contributed by atoms with Gasteiger partial charge < -0.3 is 19.5 Å². The lowest BCUT2D eigenvalue weighted by Gasteiger charge is -2.27. The lowest BCUT2D eigenvalue weighted by atomic mass is 9.95. The monoisotopic (exact) mass is 488 g/mol. The van der Waals surface area contributed by atoms with Gasteiger partial charge in [-0.1, -0.05) is 6.42 Å². The lowest BCUT2D eigenvalue weighted by Crippen LogP contribution is -2.46. The van der Waals surface area contributed by atoms with Crippen molar-refractivity contribution in [1.82, 2.24) is 5.32 Å². The second-order valence-electron chi connectivity index (χ2n) is 8.80. The Labute approximate surface area is 201 Å². The summed E-state index contributed by atoms with van der Waals surface area (Å²) in [7, 11) is -1.15. The minimum absolute atomic E-state index is 0.00626. The van der Waals surface area contributed by atoms with Gasteiger partial charge in [0.25, 0.3) is 10.0 Å². The highest BCUT2D eigenvalue weighted by molar-refractivity contribution is 7.92. The number of sulfonamides is 1. The number of nitrogens with one attached hydrogen (secondary N) is 1. The summed E-state index contributed by atoms with van der Waals surface area (Å²) in [5.41, 5.74) is 0.376. The molecule has 4 rings (SSSR count). The van der Waals surface area contributed by atoms with Gasteiger partial charge in [-0.3, -0.25) is 9.10 Å². The highest BCUT2D eigenvalue weighted by Gasteiger charge is 2.40. The first-order chi connectivity index (χ1) is 16.3. The minimum Gasteiger partial charge on any atom is -0.494 e. The molecule has 1 amide bonds. The maximum absolute atomic E-state index is 13.7. The van der Waals surface area contributed by atoms with Gasteiger partial charge in [-0.15, -0.1) is 0 Å². The summed E-state index contributed by atoms with van der Waals surface area (Å²) in [6, 6.07) is 11.2. The van der Waals surface area contributed by atoms with Crippen LogP contribution in [0.4, 0.5) is 5.69 Å². The molecule has 2 saturated carbocycles. The number of fused-ring (bicyclic) bond motifs is 2. The van der Waals surface area contributed by atoms with Crippen LogP contribution in [0.5, 0.6) is 17.2 Å². The van der Waals surface area contributed by atoms with Gasteiger partial charge in [0, 0.05) is 12.1 Å². The number of amides is 1. The Hall–Kier alpha value is -2.94. The molecule has 2 bridgehead atoms. The van der Waals surface area contributed by atoms with Crippen LogP contribution < -0.4 is 23.8 Å². The minimum atomic E-state index is -4.08. The molecule has 1 N–H and O–H groups in total. The molecule has 0 aromatic heterocycles. The van der Waals surface area contributed by atoms with E-state index in [2.05, 4.69) is 5.32 Å². The Morgan fingerprint density at radius 1 is 1.03 bits per heavy atom. The zero-order valence-corrected chi connectivity index (χ0v) is 20.6. The smallest absolute Gasteiger partial charge is 0.264 e. The molecule has 184 valence electrons. The lowest BCUT2D eigenvalue weighted by molar-refractivity contribution is -0.120. The third-order valence-electron chi connectivity index (χ3n) is 6.75. The number of ether oxygens (including phenoxy) is 3. The fourth-order valence-electron chi connectivity index (χ4n) is 5.10. The molecule has 2 aliphatic rings. The predicted molar refractivity (Wildman–Crippen MR) is 129 cm³/mol. The van der Waals surface area contributed by atoms with E-state index in [1.165, 1.54) is 38.8 Å². The van der Waals surface area contributed by atoms with Gasteiger partial charge in [-0.2, -0.15) is 0 Å². The van der Waals surface area contributed by atoms with Crippen molar-refractivity contribution in [2.24, 2.45) is 11.8 Å². The highest BCUT2D eigenvalue weighted by atomic mass is 32.2. The summed E-state index contributed by atoms with van der Waals surface area (Å²) in [6.07, 6.45) is 4.48. The SMILES string of the molecule is CCOc1ccc(N(CC(=O)N[C@@H]2C[C@@H]3CC[C@H]2C3)S(=O)(=O)c2ccc(OC)c(OC)c2)cc1. The maximum atomic E-state index is 13.7. The highest BCUT2D eigenvalue weighted by Crippen LogP contribution is 2.44. The Kier molecular flexibility index (Phi) is 7.21. The van der Waals surface area contributed by atoms with Gasteiger partial charge in [0.2, 0.25) is 5.91 Å². The molecule has 0 unspecified atom stereocenters. The number of anilines is 1. The van der Waals surface area contributed by atoms with Crippen LogP contribution in [-0.4, -0.2) is 47.7 Å². The molecule has 0 spiro atoms. The number of carbonyl (C=O) groups excluding carboxylic acids is 1. The van der Waals surface area contributed by atoms with E-state index in [-0.39, 0.29) is 23.4 Å². The molecule has 2 aliphatic carbocycles. The van der Waals surface area contributed by atoms with Crippen LogP contribution in [0, 0.1) is 11.8 Å². The number of hydrogen-bond donors (Lipinski definition) is 1. The normalized spacial score (nSPS) is 21.2. The molecule has 2 aromatic carbocycles. The van der Waals surface area contributed by atoms with Gasteiger partial charge >= 0.3 is 0 Å². The van der Waals surface area contributed by atoms with E-state index >= 15 is 0 Å². The second kappa shape index (κ2) is 10.1. The van der Waals surface area contributed by atoms with E-state index in [0.29, 0.717) is 41.4 Å². The van der Waals surface area contributed by atoms with Crippen molar-refractivity contribution in [3.8, 4) is 17.2 Å². The first-order valence-electron chi connectivity index (χ1n) is 11.6. The number of rotatable bonds is 10. The van der Waals surface area contributed by atoms with E-state index in [4.69, 9.17) is 14.2 Å². The molecule has 9 heteroatoms. The first kappa shape index (κ1) is 24.2. The fraction of sp³-hybridized carbons (Fsp3) is 0.480. The molecule has 34 heavy (non-hydrogen) atoms. The van der Waals surface area contributed by atoms with Crippen LogP contribution in [0.1, 0.15) is 32.6 Å². The van der Waals surface area contributed by atoms with Crippen molar-refractivity contribution in [3.63, 3.8) is 0 Å². The van der Waals surface area contributed by atoms with Crippen molar-refractivity contribution >= 4 is 21.6 Å². The van der Waals surface area contributed by atoms with Gasteiger partial charge in [0.05, 0.1) is 31.4 Å². The van der Waals surface area contributed by atoms with Crippen LogP contribution in [0.15, 0.2) is 47.4 Å². The van der Waals surface area contributed by atoms with Gasteiger partial charge in [-0.05, 0) is 74.4 Å². The third-order valence-corrected chi connectivity index (χ3v) is 8.52. The Morgan fingerprint density at radius 2 is 1.76 bits per heavy atom. The summed E-state index contributed by atoms with van der Waals surface area (Å²) in [6.45, 7) is 2.05. The van der Waals surface area contributed by atoms with E-state index in [1.54, 1.807) is 24.3 Å². The van der Waals surface area contributed by atoms with Crippen molar-refractivity contribution in [1.29, 1.82) is 0 Å². The van der Waals surface area contributed by atoms with E-state index in [9.17, 15) is 13.2 Å². The van der Waals surface area contributed by atoms with Crippen molar-refractivity contribution in [2.45, 2.75) is 43.5 Å². The van der Waals surface area contributed by atoms with Gasteiger partial charge in [-0.25, -0.2) is 8.42 Å². The van der Waals surface area contributed by atoms with Crippen molar-refractivity contribution in [2.75, 3.05) is 31.7 Å². The molecule has 0 saturated heterocycles. The van der Waals surface area contributed by atoms with Gasteiger partial charge in [0.15, 0.2) is 11.5 Å². The number of hydrogen-bond acceptors (Lipinski definition) is 6. The molecule has 0 radical (unpaired) electrons. The molecular formula is C25H32N2O6S. The summed E-state index contributed by atoms with van der Waals surface area (Å²) in [5.74, 6) is 2.20. The number of methoxy groups -OCH3 is 2. The molecule has 2 aromatic rings. The summed E-state index contributed by atoms with van der Waals surface area (Å²) >= 11 is 0. The second-order valence-corrected chi connectivity index (χ2v) is 10.7. The molecule has 8 nitrogen and oxygen atoms in total. The topological polar surface area (TPSA) is 94.2 Å². The molecule has 0 heterocycles. The van der Waals surface area contributed by atoms with Crippen LogP contribution in [0.2, 0.25) is 0 Å². The quantitative estimate of drug-likeness (QED) is 0.549. The molecule has 3 atom stereocenters. The number of carbonyl (C=O) groups is 1. The number of nitrogens with zero attached hydrogens (tertiary/aromatic N) is 1. The largest absolute Gasteiger partial charge is 0.494 e. The Morgan fingerprint density at radius 3 is 2.35 bits per heavy atom. The predicted octanol–water partition coefficient (Wildman–Crippen LogP) is 3.60. The van der Waals surface area contributed by atoms with Crippen LogP contribution >= 0.6 is 0 Å². The van der Waals surface area contributed by atoms with Crippen molar-refractivity contribution in [3.05, 3.63) is 42.5 Å². The van der Waals surface area contributed by atoms with Crippen LogP contribution in [0.25, 0.3) is 0 Å². The van der Waals surface area contributed by atoms with Crippen molar-refractivity contribution < 1.29 is 27.4 Å². The summed E-state index contributed by atoms with van der Waals surface area (Å²) in [5, 5.41) is 3.09. The number of benzene rings is 2. The Balaban J connectivity index is 1.63. The standard InChI is InChI=1S/C25H32N2O6S/c1-4-33-20-9-7-19(8-10-20)27(16-25(28)26-22-14-17-5-6-18(22)13-17)34(29,30)21-11-12-23(31-2)24(15-21)32-3/h7-12,15,17-18,22H,4-6,13-14,16H2,1-3H3,(H,26,28)/t17-,18+,22-/m1/s1. The van der Waals surface area contributed by atoms with E-state index in [1.807, 2.05) is 6.92 Å². The van der Waals surface area contributed by atoms with Crippen LogP contribution in [0.3, 0.4) is 0 Å². The van der Waals surface area contributed by atoms with Crippen LogP contribution in [-0.2, 0) is 14.8 Å². The fourth-order valence-corrected chi connectivity index (χ4v) is 6.54. The summed E-state index contributed by atoms with van der Waals surface area (Å²) < 4.78 is 44.6. The molecule has 2 fully saturated rings. The maximum Gasteiger partial charge on any atom is 0.264 e. The molecule has 0 aliphatic heterocycles. The Bertz CT molecular complexity index is 1120. The van der Waals surface area contributed by atoms with E-state index in [0.717, 1.165) is 23.6 Å². The molecular weight excluding hydrogens is 456 g/mol. The zero-order chi connectivity index (χ0) is 24.3. The summed E-state index contributed by atoms with van der Waals surface area (Å²) in [4.78, 5) is 13.0.